The van der Waals surface area contributed by atoms with E-state index in [1.54, 1.807) is 25.1 Å². The van der Waals surface area contributed by atoms with Crippen LogP contribution in [0, 0.1) is 30.2 Å². The van der Waals surface area contributed by atoms with Crippen molar-refractivity contribution in [2.45, 2.75) is 30.0 Å². The first-order chi connectivity index (χ1) is 19.0. The van der Waals surface area contributed by atoms with E-state index in [0.717, 1.165) is 24.3 Å². The van der Waals surface area contributed by atoms with E-state index >= 15 is 0 Å². The summed E-state index contributed by atoms with van der Waals surface area (Å²) in [4.78, 5) is 13.1. The number of aromatic nitrogens is 2. The Morgan fingerprint density at radius 2 is 1.60 bits per heavy atom. The maximum atomic E-state index is 14.6. The van der Waals surface area contributed by atoms with Gasteiger partial charge in [-0.05, 0) is 30.7 Å². The number of sulfone groups is 1. The Kier molecular flexibility index (Phi) is 7.19. The van der Waals surface area contributed by atoms with Crippen LogP contribution in [0.2, 0.25) is 0 Å². The van der Waals surface area contributed by atoms with Gasteiger partial charge in [-0.2, -0.15) is 0 Å². The number of amides is 1. The zero-order valence-corrected chi connectivity index (χ0v) is 21.7. The van der Waals surface area contributed by atoms with Crippen molar-refractivity contribution in [1.82, 2.24) is 9.72 Å². The van der Waals surface area contributed by atoms with Gasteiger partial charge in [-0.15, -0.1) is 0 Å². The number of fused-ring (bicyclic) bond motifs is 1. The third-order valence-corrected chi connectivity index (χ3v) is 8.45. The lowest BCUT2D eigenvalue weighted by Gasteiger charge is -2.17. The van der Waals surface area contributed by atoms with Gasteiger partial charge in [0.25, 0.3) is 0 Å². The molecule has 0 bridgehead atoms. The van der Waals surface area contributed by atoms with Crippen LogP contribution in [0.3, 0.4) is 0 Å². The van der Waals surface area contributed by atoms with E-state index in [0.29, 0.717) is 17.3 Å². The normalized spacial score (nSPS) is 12.5. The van der Waals surface area contributed by atoms with E-state index < -0.39 is 50.7 Å². The summed E-state index contributed by atoms with van der Waals surface area (Å²) in [5.74, 6) is -4.15. The molecule has 40 heavy (non-hydrogen) atoms. The second kappa shape index (κ2) is 10.6. The maximum absolute atomic E-state index is 14.6. The molecule has 1 atom stereocenters. The fourth-order valence-electron chi connectivity index (χ4n) is 4.42. The van der Waals surface area contributed by atoms with Gasteiger partial charge in [-0.1, -0.05) is 35.5 Å². The molecule has 206 valence electrons. The number of anilines is 1. The van der Waals surface area contributed by atoms with Gasteiger partial charge in [-0.3, -0.25) is 4.79 Å². The Morgan fingerprint density at radius 3 is 2.23 bits per heavy atom. The summed E-state index contributed by atoms with van der Waals surface area (Å²) < 4.78 is 90.6. The number of nitrogens with zero attached hydrogens (tertiary/aromatic N) is 2. The van der Waals surface area contributed by atoms with Crippen LogP contribution in [-0.4, -0.2) is 29.3 Å². The van der Waals surface area contributed by atoms with Crippen molar-refractivity contribution in [3.8, 4) is 0 Å². The summed E-state index contributed by atoms with van der Waals surface area (Å²) in [6, 6.07) is 13.5. The lowest BCUT2D eigenvalue weighted by molar-refractivity contribution is -0.115. The van der Waals surface area contributed by atoms with E-state index in [9.17, 15) is 30.8 Å². The molecule has 2 heterocycles. The molecule has 1 unspecified atom stereocenters. The van der Waals surface area contributed by atoms with Crippen LogP contribution in [0.5, 0.6) is 0 Å². The summed E-state index contributed by atoms with van der Waals surface area (Å²) in [5, 5.41) is 4.41. The average Bonchev–Trinajstić information content (AvgIpc) is 3.48. The average molecular weight is 572 g/mol. The van der Waals surface area contributed by atoms with Gasteiger partial charge in [0.15, 0.2) is 15.7 Å². The number of benzene rings is 3. The Hall–Kier alpha value is -4.45. The van der Waals surface area contributed by atoms with Crippen molar-refractivity contribution in [2.24, 2.45) is 0 Å². The van der Waals surface area contributed by atoms with Crippen molar-refractivity contribution in [1.29, 1.82) is 0 Å². The number of hydrogen-bond donors (Lipinski definition) is 1. The SMILES string of the molecule is Cc1cc(NC(=O)C(Cc2ccc(F)cc2F)S(=O)(=O)c2cn(Cc3ccc(F)cc3F)c3ccccc23)no1. The first-order valence-corrected chi connectivity index (χ1v) is 13.5. The molecule has 0 fully saturated rings. The first kappa shape index (κ1) is 27.1. The highest BCUT2D eigenvalue weighted by molar-refractivity contribution is 7.93. The standard InChI is InChI=1S/C28H21F4N3O4S/c1-16-10-27(34-39-16)33-28(36)25(11-17-6-8-19(29)12-22(17)31)40(37,38)26-15-35(24-5-3-2-4-21(24)26)14-18-7-9-20(30)13-23(18)32/h2-10,12-13,15,25H,11,14H2,1H3,(H,33,34,36). The third-order valence-electron chi connectivity index (χ3n) is 6.38. The minimum absolute atomic E-state index is 0.0449. The molecule has 0 saturated heterocycles. The number of carbonyl (C=O) groups is 1. The molecule has 0 spiro atoms. The summed E-state index contributed by atoms with van der Waals surface area (Å²) in [6.45, 7) is 1.44. The Balaban J connectivity index is 1.60. The van der Waals surface area contributed by atoms with Crippen molar-refractivity contribution in [3.63, 3.8) is 0 Å². The number of hydrogen-bond acceptors (Lipinski definition) is 5. The van der Waals surface area contributed by atoms with Crippen molar-refractivity contribution < 1.29 is 35.3 Å². The number of halogens is 4. The quantitative estimate of drug-likeness (QED) is 0.246. The van der Waals surface area contributed by atoms with Crippen LogP contribution >= 0.6 is 0 Å². The molecule has 1 amide bonds. The zero-order valence-electron chi connectivity index (χ0n) is 20.9. The fourth-order valence-corrected chi connectivity index (χ4v) is 6.22. The molecule has 7 nitrogen and oxygen atoms in total. The van der Waals surface area contributed by atoms with Gasteiger partial charge in [0.05, 0.1) is 11.4 Å². The number of carbonyl (C=O) groups excluding carboxylic acids is 1. The first-order valence-electron chi connectivity index (χ1n) is 12.0. The molecule has 5 rings (SSSR count). The molecule has 0 radical (unpaired) electrons. The Morgan fingerprint density at radius 1 is 0.950 bits per heavy atom. The second-order valence-electron chi connectivity index (χ2n) is 9.16. The molecule has 0 saturated carbocycles. The summed E-state index contributed by atoms with van der Waals surface area (Å²) in [5.41, 5.74) is 0.317. The minimum atomic E-state index is -4.56. The predicted octanol–water partition coefficient (Wildman–Crippen LogP) is 5.57. The summed E-state index contributed by atoms with van der Waals surface area (Å²) in [6.07, 6.45) is 0.632. The smallest absolute Gasteiger partial charge is 0.244 e. The Labute approximate surface area is 225 Å². The maximum Gasteiger partial charge on any atom is 0.244 e. The van der Waals surface area contributed by atoms with Crippen LogP contribution < -0.4 is 5.32 Å². The highest BCUT2D eigenvalue weighted by Gasteiger charge is 2.37. The number of rotatable bonds is 8. The lowest BCUT2D eigenvalue weighted by atomic mass is 10.1. The molecule has 0 aliphatic carbocycles. The zero-order chi connectivity index (χ0) is 28.6. The molecule has 0 aliphatic heterocycles. The molecule has 3 aromatic carbocycles. The summed E-state index contributed by atoms with van der Waals surface area (Å²) >= 11 is 0. The third kappa shape index (κ3) is 5.34. The molecule has 5 aromatic rings. The van der Waals surface area contributed by atoms with Gasteiger partial charge >= 0.3 is 0 Å². The van der Waals surface area contributed by atoms with Crippen LogP contribution in [-0.2, 0) is 27.6 Å². The molecule has 2 aromatic heterocycles. The van der Waals surface area contributed by atoms with E-state index in [4.69, 9.17) is 4.52 Å². The fraction of sp³-hybridized carbons (Fsp3) is 0.143. The topological polar surface area (TPSA) is 94.2 Å². The highest BCUT2D eigenvalue weighted by atomic mass is 32.2. The van der Waals surface area contributed by atoms with Crippen molar-refractivity contribution in [2.75, 3.05) is 5.32 Å². The lowest BCUT2D eigenvalue weighted by Crippen LogP contribution is -2.37. The second-order valence-corrected chi connectivity index (χ2v) is 11.3. The molecular formula is C28H21F4N3O4S. The van der Waals surface area contributed by atoms with Crippen LogP contribution in [0.25, 0.3) is 10.9 Å². The van der Waals surface area contributed by atoms with Crippen LogP contribution in [0.1, 0.15) is 16.9 Å². The van der Waals surface area contributed by atoms with E-state index in [-0.39, 0.29) is 33.8 Å². The Bertz CT molecular complexity index is 1850. The minimum Gasteiger partial charge on any atom is -0.360 e. The van der Waals surface area contributed by atoms with E-state index in [1.165, 1.54) is 29.0 Å². The largest absolute Gasteiger partial charge is 0.360 e. The molecular weight excluding hydrogens is 550 g/mol. The molecule has 0 aliphatic rings. The van der Waals surface area contributed by atoms with Gasteiger partial charge in [0, 0.05) is 47.3 Å². The predicted molar refractivity (Wildman–Crippen MR) is 138 cm³/mol. The highest BCUT2D eigenvalue weighted by Crippen LogP contribution is 2.31. The monoisotopic (exact) mass is 571 g/mol. The van der Waals surface area contributed by atoms with Gasteiger partial charge < -0.3 is 14.4 Å². The number of para-hydroxylation sites is 1. The number of aryl methyl sites for hydroxylation is 1. The van der Waals surface area contributed by atoms with Crippen LogP contribution in [0.15, 0.2) is 82.3 Å². The molecule has 1 N–H and O–H groups in total. The van der Waals surface area contributed by atoms with Crippen molar-refractivity contribution in [3.05, 3.63) is 113 Å². The van der Waals surface area contributed by atoms with Crippen LogP contribution in [0.4, 0.5) is 23.4 Å². The van der Waals surface area contributed by atoms with E-state index in [1.807, 2.05) is 0 Å². The van der Waals surface area contributed by atoms with Crippen molar-refractivity contribution >= 4 is 32.5 Å². The summed E-state index contributed by atoms with van der Waals surface area (Å²) in [7, 11) is -4.56. The molecule has 12 heteroatoms. The number of nitrogens with one attached hydrogen (secondary N) is 1. The van der Waals surface area contributed by atoms with Gasteiger partial charge in [0.1, 0.15) is 34.3 Å². The van der Waals surface area contributed by atoms with Gasteiger partial charge in [-0.25, -0.2) is 26.0 Å². The van der Waals surface area contributed by atoms with Gasteiger partial charge in [0.2, 0.25) is 5.91 Å². The van der Waals surface area contributed by atoms with E-state index in [2.05, 4.69) is 10.5 Å².